The maximum atomic E-state index is 13.0. The molecule has 0 bridgehead atoms. The molecule has 1 aliphatic heterocycles. The van der Waals surface area contributed by atoms with Crippen LogP contribution < -0.4 is 5.32 Å². The molecule has 0 fully saturated rings. The van der Waals surface area contributed by atoms with Gasteiger partial charge in [0.2, 0.25) is 0 Å². The summed E-state index contributed by atoms with van der Waals surface area (Å²) >= 11 is 0. The van der Waals surface area contributed by atoms with Crippen molar-refractivity contribution in [1.82, 2.24) is 19.8 Å². The van der Waals surface area contributed by atoms with Gasteiger partial charge in [-0.3, -0.25) is 14.9 Å². The number of H-pyrrole nitrogens is 1. The zero-order valence-corrected chi connectivity index (χ0v) is 17.8. The Balaban J connectivity index is 1.78. The van der Waals surface area contributed by atoms with E-state index in [2.05, 4.69) is 32.8 Å². The molecule has 2 amide bonds. The summed E-state index contributed by atoms with van der Waals surface area (Å²) in [5, 5.41) is 4.43. The molecule has 1 aliphatic rings. The van der Waals surface area contributed by atoms with Crippen LogP contribution in [0.2, 0.25) is 0 Å². The lowest BCUT2D eigenvalue weighted by Crippen LogP contribution is -2.22. The van der Waals surface area contributed by atoms with E-state index in [-0.39, 0.29) is 11.8 Å². The highest BCUT2D eigenvalue weighted by molar-refractivity contribution is 6.50. The van der Waals surface area contributed by atoms with E-state index in [1.54, 1.807) is 0 Å². The Hall–Kier alpha value is -3.64. The van der Waals surface area contributed by atoms with Crippen LogP contribution in [0.15, 0.2) is 54.9 Å². The second kappa shape index (κ2) is 7.25. The average molecular weight is 412 g/mol. The summed E-state index contributed by atoms with van der Waals surface area (Å²) in [6, 6.07) is 13.9. The number of amides is 2. The van der Waals surface area contributed by atoms with E-state index in [9.17, 15) is 9.59 Å². The molecule has 0 aliphatic carbocycles. The molecule has 2 aromatic carbocycles. The number of para-hydroxylation sites is 2. The molecule has 6 heteroatoms. The molecule has 0 saturated carbocycles. The van der Waals surface area contributed by atoms with Crippen molar-refractivity contribution in [3.63, 3.8) is 0 Å². The Morgan fingerprint density at radius 3 is 2.39 bits per heavy atom. The SMILES string of the molecule is Cc1cccc2c(C3=C(c4c[nH]c5ccccc45)C(=O)NC3=O)cn(CCN(C)C)c12. The number of benzene rings is 2. The molecule has 2 aromatic heterocycles. The number of carbonyl (C=O) groups excluding carboxylic acids is 2. The van der Waals surface area contributed by atoms with E-state index in [0.29, 0.717) is 11.1 Å². The molecular weight excluding hydrogens is 388 g/mol. The van der Waals surface area contributed by atoms with Crippen molar-refractivity contribution >= 4 is 44.8 Å². The van der Waals surface area contributed by atoms with E-state index in [1.807, 2.05) is 62.9 Å². The average Bonchev–Trinajstić information content (AvgIpc) is 3.40. The van der Waals surface area contributed by atoms with Crippen LogP contribution in [-0.4, -0.2) is 46.9 Å². The first-order valence-corrected chi connectivity index (χ1v) is 10.4. The normalized spacial score (nSPS) is 14.5. The Bertz CT molecular complexity index is 1390. The van der Waals surface area contributed by atoms with Crippen molar-refractivity contribution in [1.29, 1.82) is 0 Å². The van der Waals surface area contributed by atoms with Crippen LogP contribution >= 0.6 is 0 Å². The van der Waals surface area contributed by atoms with E-state index < -0.39 is 0 Å². The van der Waals surface area contributed by atoms with Gasteiger partial charge in [-0.25, -0.2) is 0 Å². The lowest BCUT2D eigenvalue weighted by molar-refractivity contribution is -0.122. The van der Waals surface area contributed by atoms with Crippen molar-refractivity contribution in [2.75, 3.05) is 20.6 Å². The van der Waals surface area contributed by atoms with E-state index in [0.717, 1.165) is 51.6 Å². The van der Waals surface area contributed by atoms with Gasteiger partial charge in [-0.15, -0.1) is 0 Å². The fourth-order valence-corrected chi connectivity index (χ4v) is 4.48. The zero-order valence-electron chi connectivity index (χ0n) is 17.8. The van der Waals surface area contributed by atoms with Crippen LogP contribution in [0.5, 0.6) is 0 Å². The van der Waals surface area contributed by atoms with Crippen molar-refractivity contribution < 1.29 is 9.59 Å². The molecule has 0 spiro atoms. The molecule has 0 saturated heterocycles. The number of aromatic nitrogens is 2. The maximum Gasteiger partial charge on any atom is 0.259 e. The summed E-state index contributed by atoms with van der Waals surface area (Å²) in [6.45, 7) is 3.74. The summed E-state index contributed by atoms with van der Waals surface area (Å²) in [7, 11) is 4.08. The third-order valence-electron chi connectivity index (χ3n) is 5.95. The molecule has 0 unspecified atom stereocenters. The standard InChI is InChI=1S/C25H24N4O2/c1-15-7-6-9-17-19(14-29(23(15)17)12-11-28(2)3)22-21(24(30)27-25(22)31)18-13-26-20-10-5-4-8-16(18)20/h4-10,13-14,26H,11-12H2,1-3H3,(H,27,30,31). The van der Waals surface area contributed by atoms with E-state index in [4.69, 9.17) is 0 Å². The van der Waals surface area contributed by atoms with E-state index >= 15 is 0 Å². The number of nitrogens with one attached hydrogen (secondary N) is 2. The molecule has 6 nitrogen and oxygen atoms in total. The summed E-state index contributed by atoms with van der Waals surface area (Å²) < 4.78 is 2.19. The summed E-state index contributed by atoms with van der Waals surface area (Å²) in [4.78, 5) is 31.3. The molecule has 0 atom stereocenters. The molecule has 2 N–H and O–H groups in total. The number of aromatic amines is 1. The van der Waals surface area contributed by atoms with Crippen LogP contribution in [0.3, 0.4) is 0 Å². The number of aryl methyl sites for hydroxylation is 1. The molecule has 5 rings (SSSR count). The molecule has 3 heterocycles. The van der Waals surface area contributed by atoms with Crippen molar-refractivity contribution in [3.8, 4) is 0 Å². The monoisotopic (exact) mass is 412 g/mol. The lowest BCUT2D eigenvalue weighted by Gasteiger charge is -2.12. The third kappa shape index (κ3) is 3.07. The van der Waals surface area contributed by atoms with Crippen molar-refractivity contribution in [3.05, 3.63) is 71.5 Å². The fourth-order valence-electron chi connectivity index (χ4n) is 4.48. The molecule has 4 aromatic rings. The number of hydrogen-bond acceptors (Lipinski definition) is 3. The number of hydrogen-bond donors (Lipinski definition) is 2. The maximum absolute atomic E-state index is 13.0. The number of nitrogens with zero attached hydrogens (tertiary/aromatic N) is 2. The van der Waals surface area contributed by atoms with Crippen LogP contribution in [0.1, 0.15) is 16.7 Å². The highest BCUT2D eigenvalue weighted by Gasteiger charge is 2.35. The largest absolute Gasteiger partial charge is 0.361 e. The first-order valence-electron chi connectivity index (χ1n) is 10.4. The number of carbonyl (C=O) groups is 2. The molecule has 31 heavy (non-hydrogen) atoms. The van der Waals surface area contributed by atoms with Crippen LogP contribution in [-0.2, 0) is 16.1 Å². The predicted molar refractivity (Wildman–Crippen MR) is 123 cm³/mol. The van der Waals surface area contributed by atoms with Gasteiger partial charge in [0, 0.05) is 52.9 Å². The molecular formula is C25H24N4O2. The van der Waals surface area contributed by atoms with Crippen LogP contribution in [0.4, 0.5) is 0 Å². The van der Waals surface area contributed by atoms with Gasteiger partial charge >= 0.3 is 0 Å². The summed E-state index contributed by atoms with van der Waals surface area (Å²) in [5.74, 6) is -0.704. The van der Waals surface area contributed by atoms with Gasteiger partial charge in [0.05, 0.1) is 16.7 Å². The van der Waals surface area contributed by atoms with E-state index in [1.165, 1.54) is 0 Å². The Morgan fingerprint density at radius 2 is 1.61 bits per heavy atom. The first-order chi connectivity index (χ1) is 15.0. The highest BCUT2D eigenvalue weighted by Crippen LogP contribution is 2.38. The van der Waals surface area contributed by atoms with Gasteiger partial charge in [-0.05, 0) is 32.6 Å². The van der Waals surface area contributed by atoms with Crippen molar-refractivity contribution in [2.24, 2.45) is 0 Å². The minimum atomic E-state index is -0.355. The smallest absolute Gasteiger partial charge is 0.259 e. The van der Waals surface area contributed by atoms with Gasteiger partial charge in [0.15, 0.2) is 0 Å². The minimum absolute atomic E-state index is 0.349. The van der Waals surface area contributed by atoms with Crippen LogP contribution in [0, 0.1) is 6.92 Å². The van der Waals surface area contributed by atoms with Gasteiger partial charge in [-0.2, -0.15) is 0 Å². The lowest BCUT2D eigenvalue weighted by atomic mass is 9.95. The van der Waals surface area contributed by atoms with Gasteiger partial charge in [-0.1, -0.05) is 36.4 Å². The summed E-state index contributed by atoms with van der Waals surface area (Å²) in [6.07, 6.45) is 3.83. The summed E-state index contributed by atoms with van der Waals surface area (Å²) in [5.41, 5.74) is 5.57. The van der Waals surface area contributed by atoms with Crippen molar-refractivity contribution in [2.45, 2.75) is 13.5 Å². The van der Waals surface area contributed by atoms with Gasteiger partial charge < -0.3 is 14.5 Å². The fraction of sp³-hybridized carbons (Fsp3) is 0.200. The number of rotatable bonds is 5. The number of likely N-dealkylation sites (N-methyl/N-ethyl adjacent to an activating group) is 1. The van der Waals surface area contributed by atoms with Crippen LogP contribution in [0.25, 0.3) is 33.0 Å². The number of imide groups is 1. The Kier molecular flexibility index (Phi) is 4.52. The third-order valence-corrected chi connectivity index (χ3v) is 5.95. The minimum Gasteiger partial charge on any atom is -0.361 e. The predicted octanol–water partition coefficient (Wildman–Crippen LogP) is 3.56. The van der Waals surface area contributed by atoms with Gasteiger partial charge in [0.1, 0.15) is 0 Å². The van der Waals surface area contributed by atoms with Gasteiger partial charge in [0.25, 0.3) is 11.8 Å². The highest BCUT2D eigenvalue weighted by atomic mass is 16.2. The second-order valence-electron chi connectivity index (χ2n) is 8.29. The first kappa shape index (κ1) is 19.3. The second-order valence-corrected chi connectivity index (χ2v) is 8.29. The Morgan fingerprint density at radius 1 is 0.903 bits per heavy atom. The molecule has 0 radical (unpaired) electrons. The Labute approximate surface area is 180 Å². The molecule has 156 valence electrons. The zero-order chi connectivity index (χ0) is 21.7. The number of fused-ring (bicyclic) bond motifs is 2. The topological polar surface area (TPSA) is 70.1 Å². The quantitative estimate of drug-likeness (QED) is 0.493.